The predicted octanol–water partition coefficient (Wildman–Crippen LogP) is 10.8. The van der Waals surface area contributed by atoms with Crippen LogP contribution in [0.1, 0.15) is 5.56 Å². The largest absolute Gasteiger partial charge is 0.309 e. The van der Waals surface area contributed by atoms with Crippen molar-refractivity contribution in [2.45, 2.75) is 0 Å². The van der Waals surface area contributed by atoms with Gasteiger partial charge >= 0.3 is 0 Å². The number of rotatable bonds is 3. The molecular formula is C43H26N4. The third kappa shape index (κ3) is 3.51. The van der Waals surface area contributed by atoms with Crippen molar-refractivity contribution in [2.75, 3.05) is 0 Å². The molecule has 0 aliphatic rings. The smallest absolute Gasteiger partial charge is 0.0999 e. The van der Waals surface area contributed by atoms with Crippen molar-refractivity contribution in [3.63, 3.8) is 0 Å². The molecule has 0 atom stereocenters. The molecule has 0 fully saturated rings. The van der Waals surface area contributed by atoms with E-state index >= 15 is 0 Å². The van der Waals surface area contributed by atoms with Crippen LogP contribution in [0.4, 0.5) is 0 Å². The van der Waals surface area contributed by atoms with Crippen LogP contribution in [0.5, 0.6) is 0 Å². The Morgan fingerprint density at radius 1 is 0.362 bits per heavy atom. The second-order valence-electron chi connectivity index (χ2n) is 12.1. The zero-order valence-corrected chi connectivity index (χ0v) is 25.3. The second kappa shape index (κ2) is 9.71. The Kier molecular flexibility index (Phi) is 5.32. The molecule has 218 valence electrons. The van der Waals surface area contributed by atoms with Crippen molar-refractivity contribution in [1.82, 2.24) is 13.7 Å². The summed E-state index contributed by atoms with van der Waals surface area (Å²) in [5, 5.41) is 17.4. The molecule has 3 heterocycles. The summed E-state index contributed by atoms with van der Waals surface area (Å²) in [6, 6.07) is 58.2. The van der Waals surface area contributed by atoms with Crippen molar-refractivity contribution in [3.8, 4) is 23.1 Å². The van der Waals surface area contributed by atoms with Crippen molar-refractivity contribution >= 4 is 65.4 Å². The van der Waals surface area contributed by atoms with Crippen LogP contribution in [0.25, 0.3) is 82.5 Å². The van der Waals surface area contributed by atoms with E-state index in [1.165, 1.54) is 16.3 Å². The van der Waals surface area contributed by atoms with Crippen molar-refractivity contribution < 1.29 is 0 Å². The molecule has 4 heteroatoms. The highest BCUT2D eigenvalue weighted by Crippen LogP contribution is 2.44. The van der Waals surface area contributed by atoms with Crippen molar-refractivity contribution in [3.05, 3.63) is 163 Å². The quantitative estimate of drug-likeness (QED) is 0.199. The molecule has 0 saturated carbocycles. The van der Waals surface area contributed by atoms with Gasteiger partial charge in [-0.05, 0) is 66.7 Å². The Morgan fingerprint density at radius 3 is 1.49 bits per heavy atom. The fourth-order valence-electron chi connectivity index (χ4n) is 7.77. The molecule has 0 bridgehead atoms. The Balaban J connectivity index is 1.39. The molecule has 0 aliphatic carbocycles. The molecule has 47 heavy (non-hydrogen) atoms. The Bertz CT molecular complexity index is 2900. The van der Waals surface area contributed by atoms with Crippen LogP contribution in [0, 0.1) is 11.3 Å². The average Bonchev–Trinajstić information content (AvgIpc) is 3.77. The first-order chi connectivity index (χ1) is 23.3. The second-order valence-corrected chi connectivity index (χ2v) is 12.1. The first-order valence-corrected chi connectivity index (χ1v) is 15.9. The molecule has 10 aromatic rings. The Hall–Kier alpha value is -6.57. The van der Waals surface area contributed by atoms with Crippen LogP contribution in [-0.2, 0) is 0 Å². The van der Waals surface area contributed by atoms with Crippen LogP contribution in [-0.4, -0.2) is 13.7 Å². The summed E-state index contributed by atoms with van der Waals surface area (Å²) in [4.78, 5) is 0. The normalized spacial score (nSPS) is 11.8. The molecule has 10 rings (SSSR count). The van der Waals surface area contributed by atoms with E-state index in [4.69, 9.17) is 0 Å². The third-order valence-corrected chi connectivity index (χ3v) is 9.64. The monoisotopic (exact) mass is 598 g/mol. The van der Waals surface area contributed by atoms with Gasteiger partial charge in [0.2, 0.25) is 0 Å². The van der Waals surface area contributed by atoms with E-state index in [-0.39, 0.29) is 0 Å². The molecule has 0 radical (unpaired) electrons. The molecular weight excluding hydrogens is 573 g/mol. The first-order valence-electron chi connectivity index (χ1n) is 15.9. The van der Waals surface area contributed by atoms with Crippen LogP contribution in [0.15, 0.2) is 158 Å². The van der Waals surface area contributed by atoms with Gasteiger partial charge in [-0.3, -0.25) is 0 Å². The van der Waals surface area contributed by atoms with Gasteiger partial charge in [0.15, 0.2) is 0 Å². The maximum atomic E-state index is 10.7. The zero-order chi connectivity index (χ0) is 31.1. The molecule has 0 N–H and O–H groups in total. The van der Waals surface area contributed by atoms with Gasteiger partial charge in [-0.2, -0.15) is 5.26 Å². The topological polar surface area (TPSA) is 38.6 Å². The van der Waals surface area contributed by atoms with E-state index in [1.54, 1.807) is 0 Å². The summed E-state index contributed by atoms with van der Waals surface area (Å²) in [6.07, 6.45) is 0. The van der Waals surface area contributed by atoms with Crippen LogP contribution < -0.4 is 0 Å². The highest BCUT2D eigenvalue weighted by atomic mass is 15.0. The molecule has 4 nitrogen and oxygen atoms in total. The summed E-state index contributed by atoms with van der Waals surface area (Å²) < 4.78 is 7.02. The lowest BCUT2D eigenvalue weighted by molar-refractivity contribution is 1.16. The number of hydrogen-bond donors (Lipinski definition) is 0. The Morgan fingerprint density at radius 2 is 0.851 bits per heavy atom. The summed E-state index contributed by atoms with van der Waals surface area (Å²) in [6.45, 7) is 0. The van der Waals surface area contributed by atoms with E-state index < -0.39 is 0 Å². The lowest BCUT2D eigenvalue weighted by atomic mass is 10.0. The number of nitriles is 1. The molecule has 0 aliphatic heterocycles. The molecule has 0 unspecified atom stereocenters. The minimum absolute atomic E-state index is 0.671. The average molecular weight is 599 g/mol. The van der Waals surface area contributed by atoms with Gasteiger partial charge < -0.3 is 13.7 Å². The minimum Gasteiger partial charge on any atom is -0.309 e. The van der Waals surface area contributed by atoms with Crippen LogP contribution in [0.2, 0.25) is 0 Å². The molecule has 0 spiro atoms. The standard InChI is InChI=1S/C43H26N4/c44-27-28-25-40-42(34-19-9-11-21-37(34)46(40)30-15-5-2-6-16-30)43-41(28)33-18-8-12-22-38(33)47(43)31-23-24-39-35(26-31)32-17-7-10-20-36(32)45(39)29-13-3-1-4-14-29/h1-26H. The van der Waals surface area contributed by atoms with Gasteiger partial charge in [-0.15, -0.1) is 0 Å². The third-order valence-electron chi connectivity index (χ3n) is 9.64. The number of hydrogen-bond acceptors (Lipinski definition) is 1. The highest BCUT2D eigenvalue weighted by molar-refractivity contribution is 6.27. The Labute approximate surface area is 270 Å². The zero-order valence-electron chi connectivity index (χ0n) is 25.3. The van der Waals surface area contributed by atoms with Crippen molar-refractivity contribution in [1.29, 1.82) is 5.26 Å². The van der Waals surface area contributed by atoms with Gasteiger partial charge in [-0.25, -0.2) is 0 Å². The van der Waals surface area contributed by atoms with Gasteiger partial charge in [-0.1, -0.05) is 91.0 Å². The fraction of sp³-hybridized carbons (Fsp3) is 0. The van der Waals surface area contributed by atoms with E-state index in [0.717, 1.165) is 66.2 Å². The summed E-state index contributed by atoms with van der Waals surface area (Å²) in [5.74, 6) is 0. The van der Waals surface area contributed by atoms with E-state index in [2.05, 4.69) is 171 Å². The van der Waals surface area contributed by atoms with E-state index in [1.807, 2.05) is 6.07 Å². The predicted molar refractivity (Wildman–Crippen MR) is 194 cm³/mol. The van der Waals surface area contributed by atoms with Gasteiger partial charge in [0.05, 0.1) is 44.7 Å². The maximum Gasteiger partial charge on any atom is 0.0999 e. The van der Waals surface area contributed by atoms with Gasteiger partial charge in [0.25, 0.3) is 0 Å². The summed E-state index contributed by atoms with van der Waals surface area (Å²) >= 11 is 0. The molecule has 0 saturated heterocycles. The van der Waals surface area contributed by atoms with Crippen molar-refractivity contribution in [2.24, 2.45) is 0 Å². The summed E-state index contributed by atoms with van der Waals surface area (Å²) in [7, 11) is 0. The number of aromatic nitrogens is 3. The highest BCUT2D eigenvalue weighted by Gasteiger charge is 2.24. The minimum atomic E-state index is 0.671. The first kappa shape index (κ1) is 25.7. The lowest BCUT2D eigenvalue weighted by Crippen LogP contribution is -1.97. The van der Waals surface area contributed by atoms with Gasteiger partial charge in [0.1, 0.15) is 0 Å². The van der Waals surface area contributed by atoms with Crippen LogP contribution in [0.3, 0.4) is 0 Å². The van der Waals surface area contributed by atoms with Gasteiger partial charge in [0, 0.05) is 49.4 Å². The lowest BCUT2D eigenvalue weighted by Gasteiger charge is -2.12. The summed E-state index contributed by atoms with van der Waals surface area (Å²) in [5.41, 5.74) is 10.5. The number of benzene rings is 7. The number of fused-ring (bicyclic) bond motifs is 10. The number of nitrogens with zero attached hydrogens (tertiary/aromatic N) is 4. The SMILES string of the molecule is N#Cc1cc2c(c3ccccc3n2-c2ccccc2)c2c1c1ccccc1n2-c1ccc2c(c1)c1ccccc1n2-c1ccccc1. The fourth-order valence-corrected chi connectivity index (χ4v) is 7.77. The molecule has 0 amide bonds. The molecule has 3 aromatic heterocycles. The number of para-hydroxylation sites is 5. The van der Waals surface area contributed by atoms with Crippen LogP contribution >= 0.6 is 0 Å². The van der Waals surface area contributed by atoms with E-state index in [0.29, 0.717) is 5.56 Å². The maximum absolute atomic E-state index is 10.7. The molecule has 7 aromatic carbocycles. The van der Waals surface area contributed by atoms with E-state index in [9.17, 15) is 5.26 Å².